The van der Waals surface area contributed by atoms with Gasteiger partial charge in [0.05, 0.1) is 11.2 Å². The highest BCUT2D eigenvalue weighted by atomic mass is 32.1. The SMILES string of the molecule is Cc1ncsc1CN1CCN(C)CC(Cc2cncc3ccccc23)C1. The average Bonchev–Trinajstić information content (AvgIpc) is 2.95. The topological polar surface area (TPSA) is 32.3 Å². The Balaban J connectivity index is 1.53. The van der Waals surface area contributed by atoms with Gasteiger partial charge < -0.3 is 4.90 Å². The Morgan fingerprint density at radius 1 is 1.15 bits per heavy atom. The second-order valence-electron chi connectivity index (χ2n) is 7.45. The molecule has 1 aliphatic heterocycles. The Hall–Kier alpha value is -1.82. The minimum Gasteiger partial charge on any atom is -0.305 e. The van der Waals surface area contributed by atoms with Crippen LogP contribution in [-0.4, -0.2) is 53.0 Å². The number of benzene rings is 1. The van der Waals surface area contributed by atoms with Crippen LogP contribution in [-0.2, 0) is 13.0 Å². The number of rotatable bonds is 4. The van der Waals surface area contributed by atoms with E-state index >= 15 is 0 Å². The molecule has 1 fully saturated rings. The molecule has 136 valence electrons. The van der Waals surface area contributed by atoms with Gasteiger partial charge in [-0.15, -0.1) is 11.3 Å². The van der Waals surface area contributed by atoms with Crippen molar-refractivity contribution in [3.05, 3.63) is 58.3 Å². The lowest BCUT2D eigenvalue weighted by Gasteiger charge is -2.24. The molecule has 0 aliphatic carbocycles. The van der Waals surface area contributed by atoms with Crippen LogP contribution in [0.1, 0.15) is 16.1 Å². The van der Waals surface area contributed by atoms with Crippen LogP contribution >= 0.6 is 11.3 Å². The molecule has 3 aromatic rings. The first-order chi connectivity index (χ1) is 12.7. The first kappa shape index (κ1) is 17.6. The maximum Gasteiger partial charge on any atom is 0.0798 e. The van der Waals surface area contributed by atoms with Crippen molar-refractivity contribution in [2.45, 2.75) is 19.9 Å². The molecule has 0 bridgehead atoms. The third-order valence-electron chi connectivity index (χ3n) is 5.36. The van der Waals surface area contributed by atoms with Crippen LogP contribution in [0.15, 0.2) is 42.2 Å². The lowest BCUT2D eigenvalue weighted by molar-refractivity contribution is 0.250. The maximum atomic E-state index is 4.48. The zero-order chi connectivity index (χ0) is 17.9. The molecular formula is C21H26N4S. The van der Waals surface area contributed by atoms with Crippen molar-refractivity contribution in [3.63, 3.8) is 0 Å². The Morgan fingerprint density at radius 3 is 2.88 bits per heavy atom. The number of thiazole rings is 1. The van der Waals surface area contributed by atoms with Crippen molar-refractivity contribution >= 4 is 22.1 Å². The molecule has 1 unspecified atom stereocenters. The fraction of sp³-hybridized carbons (Fsp3) is 0.429. The van der Waals surface area contributed by atoms with E-state index in [1.165, 1.54) is 26.9 Å². The summed E-state index contributed by atoms with van der Waals surface area (Å²) in [4.78, 5) is 15.4. The highest BCUT2D eigenvalue weighted by molar-refractivity contribution is 7.09. The summed E-state index contributed by atoms with van der Waals surface area (Å²) in [6.45, 7) is 7.66. The van der Waals surface area contributed by atoms with E-state index in [4.69, 9.17) is 0 Å². The van der Waals surface area contributed by atoms with E-state index in [-0.39, 0.29) is 0 Å². The van der Waals surface area contributed by atoms with E-state index in [0.717, 1.165) is 39.1 Å². The van der Waals surface area contributed by atoms with Gasteiger partial charge in [-0.25, -0.2) is 4.98 Å². The second-order valence-corrected chi connectivity index (χ2v) is 8.39. The minimum atomic E-state index is 0.614. The molecule has 4 rings (SSSR count). The van der Waals surface area contributed by atoms with Gasteiger partial charge in [0, 0.05) is 55.4 Å². The average molecular weight is 367 g/mol. The van der Waals surface area contributed by atoms with E-state index in [1.54, 1.807) is 11.3 Å². The third-order valence-corrected chi connectivity index (χ3v) is 6.28. The lowest BCUT2D eigenvalue weighted by Crippen LogP contribution is -2.30. The number of aryl methyl sites for hydroxylation is 1. The molecule has 1 aromatic carbocycles. The summed E-state index contributed by atoms with van der Waals surface area (Å²) in [5.41, 5.74) is 4.52. The van der Waals surface area contributed by atoms with Gasteiger partial charge in [0.25, 0.3) is 0 Å². The lowest BCUT2D eigenvalue weighted by atomic mass is 9.96. The van der Waals surface area contributed by atoms with E-state index in [0.29, 0.717) is 5.92 Å². The van der Waals surface area contributed by atoms with Gasteiger partial charge in [-0.2, -0.15) is 0 Å². The molecule has 0 radical (unpaired) electrons. The number of nitrogens with zero attached hydrogens (tertiary/aromatic N) is 4. The van der Waals surface area contributed by atoms with E-state index in [2.05, 4.69) is 64.2 Å². The Kier molecular flexibility index (Phi) is 5.29. The fourth-order valence-corrected chi connectivity index (χ4v) is 4.78. The monoisotopic (exact) mass is 366 g/mol. The quantitative estimate of drug-likeness (QED) is 0.706. The number of likely N-dealkylation sites (N-methyl/N-ethyl adjacent to an activating group) is 1. The van der Waals surface area contributed by atoms with Gasteiger partial charge in [0.1, 0.15) is 0 Å². The molecule has 26 heavy (non-hydrogen) atoms. The molecule has 5 heteroatoms. The van der Waals surface area contributed by atoms with Crippen LogP contribution in [0.5, 0.6) is 0 Å². The molecule has 1 atom stereocenters. The van der Waals surface area contributed by atoms with E-state index in [1.807, 2.05) is 11.7 Å². The smallest absolute Gasteiger partial charge is 0.0798 e. The standard InChI is InChI=1S/C21H26N4S/c1-16-21(26-15-23-16)14-25-8-7-24(2)12-17(13-25)9-19-11-22-10-18-5-3-4-6-20(18)19/h3-6,10-11,15,17H,7-9,12-14H2,1-2H3. The van der Waals surface area contributed by atoms with E-state index < -0.39 is 0 Å². The van der Waals surface area contributed by atoms with Crippen molar-refractivity contribution in [1.29, 1.82) is 0 Å². The number of hydrogen-bond acceptors (Lipinski definition) is 5. The predicted molar refractivity (Wildman–Crippen MR) is 109 cm³/mol. The van der Waals surface area contributed by atoms with Crippen LogP contribution in [0, 0.1) is 12.8 Å². The zero-order valence-electron chi connectivity index (χ0n) is 15.6. The zero-order valence-corrected chi connectivity index (χ0v) is 16.4. The van der Waals surface area contributed by atoms with Gasteiger partial charge in [0.15, 0.2) is 0 Å². The number of fused-ring (bicyclic) bond motifs is 1. The summed E-state index contributed by atoms with van der Waals surface area (Å²) in [6, 6.07) is 8.60. The van der Waals surface area contributed by atoms with Gasteiger partial charge in [-0.3, -0.25) is 9.88 Å². The van der Waals surface area contributed by atoms with Crippen LogP contribution in [0.25, 0.3) is 10.8 Å². The molecule has 1 saturated heterocycles. The maximum absolute atomic E-state index is 4.48. The first-order valence-corrected chi connectivity index (χ1v) is 10.2. The Labute approximate surface area is 159 Å². The number of hydrogen-bond donors (Lipinski definition) is 0. The molecule has 2 aromatic heterocycles. The van der Waals surface area contributed by atoms with Crippen LogP contribution in [0.3, 0.4) is 0 Å². The molecule has 0 saturated carbocycles. The fourth-order valence-electron chi connectivity index (χ4n) is 3.96. The van der Waals surface area contributed by atoms with Gasteiger partial charge in [-0.05, 0) is 37.3 Å². The normalized spacial score (nSPS) is 19.7. The van der Waals surface area contributed by atoms with E-state index in [9.17, 15) is 0 Å². The highest BCUT2D eigenvalue weighted by Gasteiger charge is 2.23. The van der Waals surface area contributed by atoms with Gasteiger partial charge >= 0.3 is 0 Å². The Morgan fingerprint density at radius 2 is 2.04 bits per heavy atom. The molecule has 0 N–H and O–H groups in total. The molecule has 1 aliphatic rings. The summed E-state index contributed by atoms with van der Waals surface area (Å²) in [5, 5.41) is 2.59. The van der Waals surface area contributed by atoms with Crippen molar-refractivity contribution < 1.29 is 0 Å². The van der Waals surface area contributed by atoms with Crippen LogP contribution in [0.2, 0.25) is 0 Å². The van der Waals surface area contributed by atoms with Crippen molar-refractivity contribution in [3.8, 4) is 0 Å². The van der Waals surface area contributed by atoms with Gasteiger partial charge in [0.2, 0.25) is 0 Å². The highest BCUT2D eigenvalue weighted by Crippen LogP contribution is 2.23. The van der Waals surface area contributed by atoms with Crippen molar-refractivity contribution in [2.75, 3.05) is 33.2 Å². The molecule has 0 amide bonds. The van der Waals surface area contributed by atoms with Gasteiger partial charge in [-0.1, -0.05) is 24.3 Å². The number of aromatic nitrogens is 2. The van der Waals surface area contributed by atoms with Crippen molar-refractivity contribution in [1.82, 2.24) is 19.8 Å². The predicted octanol–water partition coefficient (Wildman–Crippen LogP) is 3.61. The summed E-state index contributed by atoms with van der Waals surface area (Å²) >= 11 is 1.78. The molecule has 4 nitrogen and oxygen atoms in total. The second kappa shape index (κ2) is 7.82. The van der Waals surface area contributed by atoms with Crippen molar-refractivity contribution in [2.24, 2.45) is 5.92 Å². The summed E-state index contributed by atoms with van der Waals surface area (Å²) in [7, 11) is 2.25. The first-order valence-electron chi connectivity index (χ1n) is 9.30. The molecular weight excluding hydrogens is 340 g/mol. The summed E-state index contributed by atoms with van der Waals surface area (Å²) in [5.74, 6) is 0.614. The Bertz CT molecular complexity index is 870. The molecule has 0 spiro atoms. The van der Waals surface area contributed by atoms with Crippen LogP contribution in [0.4, 0.5) is 0 Å². The van der Waals surface area contributed by atoms with Crippen LogP contribution < -0.4 is 0 Å². The summed E-state index contributed by atoms with van der Waals surface area (Å²) < 4.78 is 0. The number of pyridine rings is 1. The largest absolute Gasteiger partial charge is 0.305 e. The summed E-state index contributed by atoms with van der Waals surface area (Å²) in [6.07, 6.45) is 5.11. The minimum absolute atomic E-state index is 0.614. The third kappa shape index (κ3) is 3.95. The molecule has 3 heterocycles.